The van der Waals surface area contributed by atoms with Gasteiger partial charge in [-0.25, -0.2) is 22.3 Å². The number of carbonyl (C=O) groups excluding carboxylic acids is 1. The van der Waals surface area contributed by atoms with Gasteiger partial charge in [0.1, 0.15) is 10.7 Å². The molecule has 0 saturated heterocycles. The van der Waals surface area contributed by atoms with Crippen molar-refractivity contribution < 1.29 is 22.3 Å². The average Bonchev–Trinajstić information content (AvgIpc) is 2.84. The molecule has 0 spiro atoms. The van der Waals surface area contributed by atoms with E-state index in [4.69, 9.17) is 0 Å². The number of esters is 1. The Hall–Kier alpha value is -1.51. The Bertz CT molecular complexity index is 783. The van der Waals surface area contributed by atoms with Gasteiger partial charge in [0.25, 0.3) is 0 Å². The Morgan fingerprint density at radius 2 is 2.14 bits per heavy atom. The van der Waals surface area contributed by atoms with Gasteiger partial charge >= 0.3 is 5.97 Å². The maximum atomic E-state index is 14.0. The molecule has 0 aliphatic carbocycles. The van der Waals surface area contributed by atoms with Gasteiger partial charge in [0, 0.05) is 22.2 Å². The highest BCUT2D eigenvalue weighted by molar-refractivity contribution is 7.89. The molecule has 0 aliphatic rings. The quantitative estimate of drug-likeness (QED) is 0.853. The second-order valence-corrected chi connectivity index (χ2v) is 7.39. The van der Waals surface area contributed by atoms with E-state index in [2.05, 4.69) is 9.46 Å². The van der Waals surface area contributed by atoms with Gasteiger partial charge < -0.3 is 4.74 Å². The molecule has 0 radical (unpaired) electrons. The highest BCUT2D eigenvalue weighted by Gasteiger charge is 2.22. The zero-order valence-electron chi connectivity index (χ0n) is 11.5. The third kappa shape index (κ3) is 3.22. The summed E-state index contributed by atoms with van der Waals surface area (Å²) >= 11 is 1.08. The van der Waals surface area contributed by atoms with Crippen LogP contribution in [0.3, 0.4) is 0 Å². The lowest BCUT2D eigenvalue weighted by molar-refractivity contribution is 0.0605. The van der Waals surface area contributed by atoms with Gasteiger partial charge in [-0.05, 0) is 19.1 Å². The van der Waals surface area contributed by atoms with Crippen LogP contribution < -0.4 is 4.72 Å². The lowest BCUT2D eigenvalue weighted by Gasteiger charge is -2.06. The highest BCUT2D eigenvalue weighted by Crippen LogP contribution is 2.33. The summed E-state index contributed by atoms with van der Waals surface area (Å²) in [7, 11) is -2.22. The summed E-state index contributed by atoms with van der Waals surface area (Å²) in [6, 6.07) is 4.48. The number of thiophene rings is 1. The lowest BCUT2D eigenvalue weighted by atomic mass is 10.1. The summed E-state index contributed by atoms with van der Waals surface area (Å²) in [5.41, 5.74) is 0.303. The van der Waals surface area contributed by atoms with Crippen molar-refractivity contribution >= 4 is 37.4 Å². The monoisotopic (exact) mass is 331 g/mol. The van der Waals surface area contributed by atoms with Gasteiger partial charge in [0.15, 0.2) is 0 Å². The molecule has 0 saturated carbocycles. The van der Waals surface area contributed by atoms with E-state index in [1.54, 1.807) is 6.07 Å². The first-order chi connectivity index (χ1) is 9.89. The summed E-state index contributed by atoms with van der Waals surface area (Å²) < 4.78 is 44.7. The van der Waals surface area contributed by atoms with Crippen LogP contribution in [0.4, 0.5) is 4.39 Å². The number of halogens is 1. The van der Waals surface area contributed by atoms with E-state index < -0.39 is 21.8 Å². The van der Waals surface area contributed by atoms with Crippen LogP contribution in [0, 0.1) is 5.82 Å². The molecular formula is C13H14FNO4S2. The van der Waals surface area contributed by atoms with Gasteiger partial charge in [-0.3, -0.25) is 0 Å². The van der Waals surface area contributed by atoms with E-state index >= 15 is 0 Å². The molecule has 1 aromatic heterocycles. The Kier molecular flexibility index (Phi) is 4.60. The minimum absolute atomic E-state index is 0.0922. The Labute approximate surface area is 125 Å². The molecule has 0 amide bonds. The molecule has 8 heteroatoms. The van der Waals surface area contributed by atoms with Gasteiger partial charge in [0.2, 0.25) is 10.0 Å². The van der Waals surface area contributed by atoms with Crippen molar-refractivity contribution in [1.29, 1.82) is 0 Å². The smallest absolute Gasteiger partial charge is 0.348 e. The van der Waals surface area contributed by atoms with Crippen molar-refractivity contribution in [3.05, 3.63) is 34.5 Å². The molecule has 21 heavy (non-hydrogen) atoms. The van der Waals surface area contributed by atoms with Crippen molar-refractivity contribution in [2.45, 2.75) is 13.5 Å². The van der Waals surface area contributed by atoms with Crippen LogP contribution >= 0.6 is 11.3 Å². The van der Waals surface area contributed by atoms with Crippen LogP contribution in [0.25, 0.3) is 10.1 Å². The summed E-state index contributed by atoms with van der Waals surface area (Å²) in [5.74, 6) is -1.20. The van der Waals surface area contributed by atoms with Gasteiger partial charge in [0.05, 0.1) is 12.9 Å². The molecule has 0 atom stereocenters. The van der Waals surface area contributed by atoms with Crippen LogP contribution in [0.15, 0.2) is 18.2 Å². The number of nitrogens with one attached hydrogen (secondary N) is 1. The van der Waals surface area contributed by atoms with E-state index in [9.17, 15) is 17.6 Å². The number of hydrogen-bond donors (Lipinski definition) is 1. The molecule has 1 N–H and O–H groups in total. The molecule has 1 aromatic carbocycles. The van der Waals surface area contributed by atoms with Crippen LogP contribution in [0.2, 0.25) is 0 Å². The molecule has 0 unspecified atom stereocenters. The predicted octanol–water partition coefficient (Wildman–Crippen LogP) is 2.27. The summed E-state index contributed by atoms with van der Waals surface area (Å²) in [6.07, 6.45) is 0. The summed E-state index contributed by atoms with van der Waals surface area (Å²) in [4.78, 5) is 12.0. The molecule has 2 rings (SSSR count). The third-order valence-corrected chi connectivity index (χ3v) is 5.50. The number of carbonyl (C=O) groups is 1. The molecule has 0 bridgehead atoms. The zero-order chi connectivity index (χ0) is 15.6. The van der Waals surface area contributed by atoms with Crippen molar-refractivity contribution in [1.82, 2.24) is 4.72 Å². The predicted molar refractivity (Wildman–Crippen MR) is 79.4 cm³/mol. The van der Waals surface area contributed by atoms with Crippen molar-refractivity contribution in [2.75, 3.05) is 12.9 Å². The van der Waals surface area contributed by atoms with E-state index in [0.717, 1.165) is 11.3 Å². The van der Waals surface area contributed by atoms with Gasteiger partial charge in [-0.1, -0.05) is 6.07 Å². The Morgan fingerprint density at radius 1 is 1.43 bits per heavy atom. The Morgan fingerprint density at radius 3 is 2.76 bits per heavy atom. The maximum Gasteiger partial charge on any atom is 0.348 e. The van der Waals surface area contributed by atoms with E-state index in [0.29, 0.717) is 10.3 Å². The number of fused-ring (bicyclic) bond motifs is 1. The molecule has 0 aliphatic heterocycles. The number of sulfonamides is 1. The number of benzene rings is 1. The first-order valence-corrected chi connectivity index (χ1v) is 8.62. The van der Waals surface area contributed by atoms with Crippen molar-refractivity contribution in [2.24, 2.45) is 0 Å². The molecule has 114 valence electrons. The van der Waals surface area contributed by atoms with Crippen LogP contribution in [-0.4, -0.2) is 27.2 Å². The van der Waals surface area contributed by atoms with Crippen molar-refractivity contribution in [3.8, 4) is 0 Å². The van der Waals surface area contributed by atoms with Gasteiger partial charge in [-0.2, -0.15) is 0 Å². The number of hydrogen-bond acceptors (Lipinski definition) is 5. The van der Waals surface area contributed by atoms with E-state index in [-0.39, 0.29) is 22.6 Å². The van der Waals surface area contributed by atoms with Crippen LogP contribution in [0.5, 0.6) is 0 Å². The van der Waals surface area contributed by atoms with Gasteiger partial charge in [-0.15, -0.1) is 11.3 Å². The second kappa shape index (κ2) is 6.08. The standard InChI is InChI=1S/C13H14FNO4S2/c1-3-21(17,18)15-7-8-11-9(14)5-4-6-10(11)20-12(8)13(16)19-2/h4-6,15H,3,7H2,1-2H3. The fraction of sp³-hybridized carbons (Fsp3) is 0.308. The molecule has 2 aromatic rings. The largest absolute Gasteiger partial charge is 0.465 e. The second-order valence-electron chi connectivity index (χ2n) is 4.24. The Balaban J connectivity index is 2.55. The van der Waals surface area contributed by atoms with Crippen LogP contribution in [-0.2, 0) is 21.3 Å². The average molecular weight is 331 g/mol. The topological polar surface area (TPSA) is 72.5 Å². The summed E-state index contributed by atoms with van der Waals surface area (Å²) in [5, 5.41) is 0.252. The SMILES string of the molecule is CCS(=O)(=O)NCc1c(C(=O)OC)sc2cccc(F)c12. The zero-order valence-corrected chi connectivity index (χ0v) is 13.1. The first kappa shape index (κ1) is 15.9. The molecule has 5 nitrogen and oxygen atoms in total. The number of rotatable bonds is 5. The fourth-order valence-electron chi connectivity index (χ4n) is 1.88. The minimum atomic E-state index is -3.45. The number of ether oxygens (including phenoxy) is 1. The molecular weight excluding hydrogens is 317 g/mol. The third-order valence-electron chi connectivity index (χ3n) is 2.98. The highest BCUT2D eigenvalue weighted by atomic mass is 32.2. The molecule has 1 heterocycles. The van der Waals surface area contributed by atoms with E-state index in [1.165, 1.54) is 26.2 Å². The molecule has 0 fully saturated rings. The maximum absolute atomic E-state index is 14.0. The first-order valence-electron chi connectivity index (χ1n) is 6.15. The van der Waals surface area contributed by atoms with Crippen molar-refractivity contribution in [3.63, 3.8) is 0 Å². The normalized spacial score (nSPS) is 11.8. The summed E-state index contributed by atoms with van der Waals surface area (Å²) in [6.45, 7) is 1.34. The lowest BCUT2D eigenvalue weighted by Crippen LogP contribution is -2.25. The van der Waals surface area contributed by atoms with Crippen LogP contribution in [0.1, 0.15) is 22.2 Å². The minimum Gasteiger partial charge on any atom is -0.465 e. The number of methoxy groups -OCH3 is 1. The van der Waals surface area contributed by atoms with E-state index in [1.807, 2.05) is 0 Å². The fourth-order valence-corrected chi connectivity index (χ4v) is 3.60.